The third kappa shape index (κ3) is 5.84. The molecule has 0 saturated heterocycles. The highest BCUT2D eigenvalue weighted by molar-refractivity contribution is 7.98. The Bertz CT molecular complexity index is 1260. The molecule has 0 aliphatic carbocycles. The van der Waals surface area contributed by atoms with Crippen LogP contribution in [0.1, 0.15) is 12.5 Å². The fourth-order valence-electron chi connectivity index (χ4n) is 3.64. The van der Waals surface area contributed by atoms with Crippen LogP contribution in [-0.2, 0) is 21.8 Å². The van der Waals surface area contributed by atoms with Gasteiger partial charge in [0.2, 0.25) is 0 Å². The minimum atomic E-state index is -0.313. The zero-order valence-corrected chi connectivity index (χ0v) is 20.7. The third-order valence-corrected chi connectivity index (χ3v) is 6.42. The van der Waals surface area contributed by atoms with E-state index in [-0.39, 0.29) is 12.5 Å². The average Bonchev–Trinajstić information content (AvgIpc) is 3.26. The summed E-state index contributed by atoms with van der Waals surface area (Å²) in [6, 6.07) is 19.4. The number of imidazole rings is 1. The molecular formula is C27H27N3O4S. The lowest BCUT2D eigenvalue weighted by Crippen LogP contribution is -2.15. The molecular weight excluding hydrogens is 462 g/mol. The van der Waals surface area contributed by atoms with E-state index in [1.165, 1.54) is 0 Å². The first-order chi connectivity index (χ1) is 17.1. The van der Waals surface area contributed by atoms with E-state index in [4.69, 9.17) is 19.2 Å². The molecule has 2 aromatic heterocycles. The van der Waals surface area contributed by atoms with Gasteiger partial charge in [-0.05, 0) is 73.2 Å². The van der Waals surface area contributed by atoms with Crippen molar-refractivity contribution in [2.24, 2.45) is 0 Å². The number of thioether (sulfide) groups is 1. The molecule has 4 aromatic rings. The number of rotatable bonds is 10. The SMILES string of the molecule is CCOC(=O)Cn1c(SCc2ccncc2)nc(-c2ccc(OC)cc2)c1-c1ccc(OC)cc1. The Morgan fingerprint density at radius 2 is 1.49 bits per heavy atom. The molecule has 0 unspecified atom stereocenters. The van der Waals surface area contributed by atoms with Crippen molar-refractivity contribution < 1.29 is 19.0 Å². The molecule has 0 atom stereocenters. The number of nitrogens with zero attached hydrogens (tertiary/aromatic N) is 3. The van der Waals surface area contributed by atoms with Gasteiger partial charge in [0.1, 0.15) is 18.0 Å². The van der Waals surface area contributed by atoms with Crippen molar-refractivity contribution >= 4 is 17.7 Å². The summed E-state index contributed by atoms with van der Waals surface area (Å²) in [6.07, 6.45) is 3.54. The molecule has 35 heavy (non-hydrogen) atoms. The van der Waals surface area contributed by atoms with Crippen molar-refractivity contribution in [1.29, 1.82) is 0 Å². The van der Waals surface area contributed by atoms with Gasteiger partial charge in [-0.1, -0.05) is 11.8 Å². The lowest BCUT2D eigenvalue weighted by Gasteiger charge is -2.13. The average molecular weight is 490 g/mol. The number of esters is 1. The van der Waals surface area contributed by atoms with Crippen molar-refractivity contribution in [3.05, 3.63) is 78.6 Å². The summed E-state index contributed by atoms with van der Waals surface area (Å²) in [6.45, 7) is 2.17. The van der Waals surface area contributed by atoms with E-state index in [2.05, 4.69) is 4.98 Å². The molecule has 0 aliphatic heterocycles. The van der Waals surface area contributed by atoms with Crippen molar-refractivity contribution in [2.45, 2.75) is 24.4 Å². The van der Waals surface area contributed by atoms with Crippen molar-refractivity contribution in [1.82, 2.24) is 14.5 Å². The van der Waals surface area contributed by atoms with E-state index >= 15 is 0 Å². The van der Waals surface area contributed by atoms with Crippen molar-refractivity contribution in [2.75, 3.05) is 20.8 Å². The van der Waals surface area contributed by atoms with Gasteiger partial charge < -0.3 is 18.8 Å². The highest BCUT2D eigenvalue weighted by atomic mass is 32.2. The normalized spacial score (nSPS) is 10.7. The van der Waals surface area contributed by atoms with Gasteiger partial charge >= 0.3 is 5.97 Å². The summed E-state index contributed by atoms with van der Waals surface area (Å²) in [5, 5.41) is 0.728. The Morgan fingerprint density at radius 3 is 2.06 bits per heavy atom. The second-order valence-corrected chi connectivity index (χ2v) is 8.53. The van der Waals surface area contributed by atoms with Crippen LogP contribution < -0.4 is 9.47 Å². The second kappa shape index (κ2) is 11.6. The van der Waals surface area contributed by atoms with E-state index < -0.39 is 0 Å². The Hall–Kier alpha value is -3.78. The van der Waals surface area contributed by atoms with Crippen LogP contribution >= 0.6 is 11.8 Å². The highest BCUT2D eigenvalue weighted by Gasteiger charge is 2.23. The van der Waals surface area contributed by atoms with Gasteiger partial charge in [0.15, 0.2) is 5.16 Å². The third-order valence-electron chi connectivity index (χ3n) is 5.37. The minimum absolute atomic E-state index is 0.0526. The molecule has 2 heterocycles. The number of pyridine rings is 1. The molecule has 0 fully saturated rings. The Kier molecular flexibility index (Phi) is 8.05. The Labute approximate surface area is 209 Å². The number of benzene rings is 2. The molecule has 2 aromatic carbocycles. The van der Waals surface area contributed by atoms with Crippen LogP contribution in [0.15, 0.2) is 78.2 Å². The number of hydrogen-bond donors (Lipinski definition) is 0. The number of carbonyl (C=O) groups is 1. The first-order valence-corrected chi connectivity index (χ1v) is 12.2. The van der Waals surface area contributed by atoms with Crippen LogP contribution in [-0.4, -0.2) is 41.3 Å². The molecule has 0 amide bonds. The number of aromatic nitrogens is 3. The fourth-order valence-corrected chi connectivity index (χ4v) is 4.60. The van der Waals surface area contributed by atoms with Gasteiger partial charge in [-0.2, -0.15) is 0 Å². The van der Waals surface area contributed by atoms with Crippen molar-refractivity contribution in [3.8, 4) is 34.0 Å². The molecule has 7 nitrogen and oxygen atoms in total. The van der Waals surface area contributed by atoms with Gasteiger partial charge in [-0.25, -0.2) is 4.98 Å². The van der Waals surface area contributed by atoms with Crippen LogP contribution in [0.4, 0.5) is 0 Å². The predicted octanol–water partition coefficient (Wildman–Crippen LogP) is 5.48. The minimum Gasteiger partial charge on any atom is -0.497 e. The fraction of sp³-hybridized carbons (Fsp3) is 0.222. The molecule has 0 bridgehead atoms. The van der Waals surface area contributed by atoms with Crippen LogP contribution in [0.2, 0.25) is 0 Å². The topological polar surface area (TPSA) is 75.5 Å². The summed E-state index contributed by atoms with van der Waals surface area (Å²) in [4.78, 5) is 21.7. The zero-order valence-electron chi connectivity index (χ0n) is 19.9. The summed E-state index contributed by atoms with van der Waals surface area (Å²) in [5.41, 5.74) is 4.57. The standard InChI is InChI=1S/C27H27N3O4S/c1-4-34-24(31)17-30-26(21-7-11-23(33-3)12-8-21)25(20-5-9-22(32-2)10-6-20)29-27(30)35-18-19-13-15-28-16-14-19/h5-16H,4,17-18H2,1-3H3. The maximum atomic E-state index is 12.6. The van der Waals surface area contributed by atoms with E-state index in [0.29, 0.717) is 12.4 Å². The van der Waals surface area contributed by atoms with E-state index in [9.17, 15) is 4.79 Å². The number of hydrogen-bond acceptors (Lipinski definition) is 7. The van der Waals surface area contributed by atoms with Crippen LogP contribution in [0, 0.1) is 0 Å². The first kappa shape index (κ1) is 24.3. The summed E-state index contributed by atoms with van der Waals surface area (Å²) >= 11 is 1.57. The molecule has 8 heteroatoms. The summed E-state index contributed by atoms with van der Waals surface area (Å²) in [5.74, 6) is 1.89. The Balaban J connectivity index is 1.84. The molecule has 0 aliphatic rings. The summed E-state index contributed by atoms with van der Waals surface area (Å²) in [7, 11) is 3.27. The molecule has 0 saturated carbocycles. The maximum absolute atomic E-state index is 12.6. The number of methoxy groups -OCH3 is 2. The van der Waals surface area contributed by atoms with E-state index in [1.54, 1.807) is 45.3 Å². The lowest BCUT2D eigenvalue weighted by molar-refractivity contribution is -0.143. The van der Waals surface area contributed by atoms with Crippen LogP contribution in [0.3, 0.4) is 0 Å². The summed E-state index contributed by atoms with van der Waals surface area (Å²) < 4.78 is 17.9. The quantitative estimate of drug-likeness (QED) is 0.216. The van der Waals surface area contributed by atoms with Gasteiger partial charge in [0.25, 0.3) is 0 Å². The molecule has 180 valence electrons. The first-order valence-electron chi connectivity index (χ1n) is 11.2. The Morgan fingerprint density at radius 1 is 0.886 bits per heavy atom. The maximum Gasteiger partial charge on any atom is 0.326 e. The molecule has 0 spiro atoms. The largest absolute Gasteiger partial charge is 0.497 e. The van der Waals surface area contributed by atoms with Gasteiger partial charge in [-0.15, -0.1) is 0 Å². The van der Waals surface area contributed by atoms with Gasteiger partial charge in [0, 0.05) is 29.3 Å². The van der Waals surface area contributed by atoms with Gasteiger partial charge in [0.05, 0.1) is 32.2 Å². The molecule has 4 rings (SSSR count). The van der Waals surface area contributed by atoms with E-state index in [1.807, 2.05) is 65.2 Å². The highest BCUT2D eigenvalue weighted by Crippen LogP contribution is 2.38. The number of ether oxygens (including phenoxy) is 3. The van der Waals surface area contributed by atoms with Crippen LogP contribution in [0.25, 0.3) is 22.5 Å². The molecule has 0 radical (unpaired) electrons. The monoisotopic (exact) mass is 489 g/mol. The molecule has 0 N–H and O–H groups in total. The lowest BCUT2D eigenvalue weighted by atomic mass is 10.0. The smallest absolute Gasteiger partial charge is 0.326 e. The zero-order chi connectivity index (χ0) is 24.6. The van der Waals surface area contributed by atoms with Gasteiger partial charge in [-0.3, -0.25) is 9.78 Å². The second-order valence-electron chi connectivity index (χ2n) is 7.58. The predicted molar refractivity (Wildman–Crippen MR) is 137 cm³/mol. The van der Waals surface area contributed by atoms with E-state index in [0.717, 1.165) is 44.7 Å². The van der Waals surface area contributed by atoms with Crippen LogP contribution in [0.5, 0.6) is 11.5 Å². The number of carbonyl (C=O) groups excluding carboxylic acids is 1. The van der Waals surface area contributed by atoms with Crippen molar-refractivity contribution in [3.63, 3.8) is 0 Å².